The fraction of sp³-hybridized carbons (Fsp3) is 0.188. The van der Waals surface area contributed by atoms with Crippen LogP contribution in [-0.2, 0) is 4.79 Å². The van der Waals surface area contributed by atoms with Crippen molar-refractivity contribution in [3.05, 3.63) is 50.2 Å². The van der Waals surface area contributed by atoms with Crippen LogP contribution in [0, 0.1) is 0 Å². The molecule has 1 aliphatic rings. The predicted octanol–water partition coefficient (Wildman–Crippen LogP) is 3.85. The fourth-order valence-corrected chi connectivity index (χ4v) is 3.29. The van der Waals surface area contributed by atoms with Crippen LogP contribution in [0.2, 0.25) is 20.2 Å². The smallest absolute Gasteiger partial charge is 0.278 e. The number of amides is 2. The van der Waals surface area contributed by atoms with E-state index in [4.69, 9.17) is 51.1 Å². The summed E-state index contributed by atoms with van der Waals surface area (Å²) in [5.41, 5.74) is 0.302. The average Bonchev–Trinajstić information content (AvgIpc) is 2.67. The number of fused-ring (bicyclic) bond motifs is 1. The zero-order valence-electron chi connectivity index (χ0n) is 13.2. The molecule has 136 valence electrons. The van der Waals surface area contributed by atoms with E-state index in [9.17, 15) is 9.59 Å². The summed E-state index contributed by atoms with van der Waals surface area (Å²) in [6.07, 6.45) is -0.893. The van der Waals surface area contributed by atoms with Crippen molar-refractivity contribution in [1.29, 1.82) is 0 Å². The highest BCUT2D eigenvalue weighted by molar-refractivity contribution is 6.52. The van der Waals surface area contributed by atoms with Crippen molar-refractivity contribution >= 4 is 63.9 Å². The van der Waals surface area contributed by atoms with Gasteiger partial charge >= 0.3 is 0 Å². The van der Waals surface area contributed by atoms with Gasteiger partial charge in [0.2, 0.25) is 0 Å². The highest BCUT2D eigenvalue weighted by Gasteiger charge is 2.35. The monoisotopic (exact) mass is 433 g/mol. The maximum Gasteiger partial charge on any atom is 0.278 e. The fourth-order valence-electron chi connectivity index (χ4n) is 2.48. The molecule has 1 aromatic carbocycles. The molecule has 1 atom stereocenters. The molecular formula is C16H11Cl4N3O3. The Morgan fingerprint density at radius 1 is 1.15 bits per heavy atom. The minimum Gasteiger partial charge on any atom is -0.477 e. The van der Waals surface area contributed by atoms with Crippen molar-refractivity contribution in [2.45, 2.75) is 6.10 Å². The van der Waals surface area contributed by atoms with E-state index in [2.05, 4.69) is 10.3 Å². The van der Waals surface area contributed by atoms with Crippen molar-refractivity contribution in [1.82, 2.24) is 10.3 Å². The van der Waals surface area contributed by atoms with Gasteiger partial charge in [-0.25, -0.2) is 4.98 Å². The molecule has 2 heterocycles. The second kappa shape index (κ2) is 7.48. The standard InChI is InChI=1S/C16H11Cl4N3O3/c1-21-15(24)9-6-23(7-4-2-3-5-8(7)26-9)16(25)13-11(18)10(17)12(19)14(20)22-13/h2-5,9H,6H2,1H3,(H,21,24)/t9-/m1/s1. The molecule has 0 saturated carbocycles. The highest BCUT2D eigenvalue weighted by Crippen LogP contribution is 2.39. The number of anilines is 1. The van der Waals surface area contributed by atoms with E-state index in [0.717, 1.165) is 0 Å². The van der Waals surface area contributed by atoms with Crippen molar-refractivity contribution in [2.24, 2.45) is 0 Å². The zero-order valence-corrected chi connectivity index (χ0v) is 16.2. The van der Waals surface area contributed by atoms with E-state index in [-0.39, 0.29) is 38.4 Å². The van der Waals surface area contributed by atoms with Crippen molar-refractivity contribution in [3.8, 4) is 5.75 Å². The number of nitrogens with one attached hydrogen (secondary N) is 1. The summed E-state index contributed by atoms with van der Waals surface area (Å²) in [6.45, 7) is -0.0363. The molecule has 1 N–H and O–H groups in total. The summed E-state index contributed by atoms with van der Waals surface area (Å²) in [6, 6.07) is 6.80. The molecule has 1 aliphatic heterocycles. The Morgan fingerprint density at radius 2 is 1.85 bits per heavy atom. The molecule has 2 aromatic rings. The van der Waals surface area contributed by atoms with Gasteiger partial charge in [-0.05, 0) is 12.1 Å². The third-order valence-electron chi connectivity index (χ3n) is 3.74. The molecule has 0 aliphatic carbocycles. The largest absolute Gasteiger partial charge is 0.477 e. The van der Waals surface area contributed by atoms with Crippen molar-refractivity contribution in [3.63, 3.8) is 0 Å². The van der Waals surface area contributed by atoms with Gasteiger partial charge in [-0.3, -0.25) is 14.5 Å². The molecular weight excluding hydrogens is 424 g/mol. The molecule has 10 heteroatoms. The van der Waals surface area contributed by atoms with Crippen LogP contribution in [0.15, 0.2) is 24.3 Å². The second-order valence-corrected chi connectivity index (χ2v) is 6.79. The first-order valence-electron chi connectivity index (χ1n) is 7.34. The lowest BCUT2D eigenvalue weighted by Gasteiger charge is -2.34. The maximum atomic E-state index is 13.1. The van der Waals surface area contributed by atoms with Crippen LogP contribution in [0.4, 0.5) is 5.69 Å². The SMILES string of the molecule is CNC(=O)[C@H]1CN(C(=O)c2nc(Cl)c(Cl)c(Cl)c2Cl)c2ccccc2O1. The molecule has 0 unspecified atom stereocenters. The molecule has 0 radical (unpaired) electrons. The summed E-state index contributed by atoms with van der Waals surface area (Å²) in [5, 5.41) is 2.13. The number of para-hydroxylation sites is 2. The number of ether oxygens (including phenoxy) is 1. The Kier molecular flexibility index (Phi) is 5.48. The normalized spacial score (nSPS) is 15.9. The predicted molar refractivity (Wildman–Crippen MR) is 101 cm³/mol. The van der Waals surface area contributed by atoms with Gasteiger partial charge in [-0.2, -0.15) is 0 Å². The van der Waals surface area contributed by atoms with Crippen molar-refractivity contribution in [2.75, 3.05) is 18.5 Å². The lowest BCUT2D eigenvalue weighted by Crippen LogP contribution is -2.50. The van der Waals surface area contributed by atoms with Gasteiger partial charge in [0.25, 0.3) is 11.8 Å². The number of hydrogen-bond donors (Lipinski definition) is 1. The number of benzene rings is 1. The Labute approximate surface area is 168 Å². The summed E-state index contributed by atoms with van der Waals surface area (Å²) in [5.74, 6) is -0.577. The molecule has 1 aromatic heterocycles. The number of nitrogens with zero attached hydrogens (tertiary/aromatic N) is 2. The number of pyridine rings is 1. The third-order valence-corrected chi connectivity index (χ3v) is 5.42. The second-order valence-electron chi connectivity index (χ2n) is 5.30. The van der Waals surface area contributed by atoms with Gasteiger partial charge in [0, 0.05) is 7.05 Å². The van der Waals surface area contributed by atoms with E-state index >= 15 is 0 Å². The molecule has 0 bridgehead atoms. The molecule has 6 nitrogen and oxygen atoms in total. The molecule has 3 rings (SSSR count). The van der Waals surface area contributed by atoms with E-state index in [1.807, 2.05) is 0 Å². The molecule has 26 heavy (non-hydrogen) atoms. The maximum absolute atomic E-state index is 13.1. The Balaban J connectivity index is 2.07. The van der Waals surface area contributed by atoms with Gasteiger partial charge < -0.3 is 10.1 Å². The van der Waals surface area contributed by atoms with E-state index < -0.39 is 12.0 Å². The topological polar surface area (TPSA) is 71.5 Å². The van der Waals surface area contributed by atoms with Crippen LogP contribution >= 0.6 is 46.4 Å². The van der Waals surface area contributed by atoms with Gasteiger partial charge in [0.1, 0.15) is 10.9 Å². The molecule has 0 saturated heterocycles. The van der Waals surface area contributed by atoms with Crippen molar-refractivity contribution < 1.29 is 14.3 Å². The number of likely N-dealkylation sites (N-methyl/N-ethyl adjacent to an activating group) is 1. The number of carbonyl (C=O) groups excluding carboxylic acids is 2. The first-order chi connectivity index (χ1) is 12.3. The van der Waals surface area contributed by atoms with Crippen LogP contribution in [0.1, 0.15) is 10.5 Å². The molecule has 0 spiro atoms. The van der Waals surface area contributed by atoms with E-state index in [1.165, 1.54) is 11.9 Å². The third kappa shape index (κ3) is 3.30. The summed E-state index contributed by atoms with van der Waals surface area (Å²) in [7, 11) is 1.48. The lowest BCUT2D eigenvalue weighted by atomic mass is 10.1. The Bertz CT molecular complexity index is 907. The number of hydrogen-bond acceptors (Lipinski definition) is 4. The number of carbonyl (C=O) groups is 2. The molecule has 2 amide bonds. The van der Waals surface area contributed by atoms with Gasteiger partial charge in [-0.1, -0.05) is 58.5 Å². The van der Waals surface area contributed by atoms with Gasteiger partial charge in [0.05, 0.1) is 27.3 Å². The summed E-state index contributed by atoms with van der Waals surface area (Å²) >= 11 is 24.0. The quantitative estimate of drug-likeness (QED) is 0.728. The summed E-state index contributed by atoms with van der Waals surface area (Å²) in [4.78, 5) is 30.4. The minimum atomic E-state index is -0.893. The first kappa shape index (κ1) is 19.0. The number of halogens is 4. The number of aromatic nitrogens is 1. The molecule has 0 fully saturated rings. The van der Waals surface area contributed by atoms with Crippen LogP contribution in [-0.4, -0.2) is 36.5 Å². The van der Waals surface area contributed by atoms with Crippen LogP contribution in [0.25, 0.3) is 0 Å². The van der Waals surface area contributed by atoms with Gasteiger partial charge in [-0.15, -0.1) is 0 Å². The van der Waals surface area contributed by atoms with E-state index in [0.29, 0.717) is 11.4 Å². The average molecular weight is 435 g/mol. The zero-order chi connectivity index (χ0) is 19.0. The number of rotatable bonds is 2. The van der Waals surface area contributed by atoms with E-state index in [1.54, 1.807) is 24.3 Å². The summed E-state index contributed by atoms with van der Waals surface area (Å²) < 4.78 is 5.67. The minimum absolute atomic E-state index is 0.0363. The van der Waals surface area contributed by atoms with Gasteiger partial charge in [0.15, 0.2) is 11.8 Å². The highest BCUT2D eigenvalue weighted by atomic mass is 35.5. The van der Waals surface area contributed by atoms with Crippen LogP contribution < -0.4 is 15.0 Å². The first-order valence-corrected chi connectivity index (χ1v) is 8.85. The van der Waals surface area contributed by atoms with Crippen LogP contribution in [0.3, 0.4) is 0 Å². The Hall–Kier alpha value is -1.73. The Morgan fingerprint density at radius 3 is 2.54 bits per heavy atom. The van der Waals surface area contributed by atoms with Crippen LogP contribution in [0.5, 0.6) is 5.75 Å². The lowest BCUT2D eigenvalue weighted by molar-refractivity contribution is -0.127.